The van der Waals surface area contributed by atoms with Crippen molar-refractivity contribution in [3.8, 4) is 0 Å². The fraction of sp³-hybridized carbons (Fsp3) is 0.450. The number of hydrogen-bond acceptors (Lipinski definition) is 4. The highest BCUT2D eigenvalue weighted by atomic mass is 35.5. The number of hydrogen-bond donors (Lipinski definition) is 1. The quantitative estimate of drug-likeness (QED) is 0.749. The van der Waals surface area contributed by atoms with Gasteiger partial charge in [0.1, 0.15) is 16.2 Å². The van der Waals surface area contributed by atoms with Crippen LogP contribution in [0.5, 0.6) is 0 Å². The third-order valence-electron chi connectivity index (χ3n) is 5.61. The van der Waals surface area contributed by atoms with E-state index in [9.17, 15) is 14.0 Å². The molecule has 8 heteroatoms. The molecule has 28 heavy (non-hydrogen) atoms. The van der Waals surface area contributed by atoms with E-state index in [2.05, 4.69) is 10.3 Å². The number of benzene rings is 1. The van der Waals surface area contributed by atoms with Gasteiger partial charge >= 0.3 is 0 Å². The average molecular weight is 422 g/mol. The molecule has 2 aromatic rings. The molecule has 0 unspecified atom stereocenters. The summed E-state index contributed by atoms with van der Waals surface area (Å²) in [5.41, 5.74) is 0.713. The third-order valence-corrected chi connectivity index (χ3v) is 6.64. The van der Waals surface area contributed by atoms with Crippen LogP contribution in [0, 0.1) is 11.7 Å². The number of aromatic nitrogens is 1. The molecule has 1 N–H and O–H groups in total. The van der Waals surface area contributed by atoms with Crippen LogP contribution in [0.3, 0.4) is 0 Å². The summed E-state index contributed by atoms with van der Waals surface area (Å²) < 4.78 is 14.7. The van der Waals surface area contributed by atoms with Crippen molar-refractivity contribution in [2.24, 2.45) is 5.92 Å². The fourth-order valence-corrected chi connectivity index (χ4v) is 5.00. The smallest absolute Gasteiger partial charge is 0.255 e. The Morgan fingerprint density at radius 2 is 2.14 bits per heavy atom. The van der Waals surface area contributed by atoms with Gasteiger partial charge in [0.2, 0.25) is 5.91 Å². The predicted molar refractivity (Wildman–Crippen MR) is 107 cm³/mol. The zero-order valence-electron chi connectivity index (χ0n) is 15.3. The minimum absolute atomic E-state index is 0.115. The summed E-state index contributed by atoms with van der Waals surface area (Å²) in [6, 6.07) is 3.84. The summed E-state index contributed by atoms with van der Waals surface area (Å²) in [6.07, 6.45) is 7.65. The van der Waals surface area contributed by atoms with Crippen LogP contribution in [-0.4, -0.2) is 27.7 Å². The van der Waals surface area contributed by atoms with Crippen LogP contribution in [-0.2, 0) is 11.3 Å². The Bertz CT molecular complexity index is 897. The molecule has 5 nitrogen and oxygen atoms in total. The highest BCUT2D eigenvalue weighted by Crippen LogP contribution is 2.33. The maximum Gasteiger partial charge on any atom is 0.255 e. The van der Waals surface area contributed by atoms with E-state index < -0.39 is 11.9 Å². The van der Waals surface area contributed by atoms with Gasteiger partial charge in [0, 0.05) is 11.1 Å². The standard InChI is InChI=1S/C20H21ClFN3O2S/c21-17-10-23-20(28-17)24-18(26)16(9-12-5-2-1-3-6-12)25-11-14-13(19(25)27)7-4-8-15(14)22/h4,7-8,10,12,16H,1-3,5-6,9,11H2,(H,23,24,26)/t16-/m1/s1. The largest absolute Gasteiger partial charge is 0.322 e. The molecule has 4 rings (SSSR count). The van der Waals surface area contributed by atoms with Gasteiger partial charge in [-0.15, -0.1) is 0 Å². The van der Waals surface area contributed by atoms with Gasteiger partial charge in [-0.25, -0.2) is 9.37 Å². The van der Waals surface area contributed by atoms with E-state index in [4.69, 9.17) is 11.6 Å². The SMILES string of the molecule is O=C(Nc1ncc(Cl)s1)[C@@H](CC1CCCCC1)N1Cc2c(F)cccc2C1=O. The number of rotatable bonds is 5. The molecule has 2 amide bonds. The van der Waals surface area contributed by atoms with Crippen molar-refractivity contribution in [1.29, 1.82) is 0 Å². The van der Waals surface area contributed by atoms with E-state index in [0.29, 0.717) is 32.9 Å². The third kappa shape index (κ3) is 3.91. The maximum absolute atomic E-state index is 14.2. The summed E-state index contributed by atoms with van der Waals surface area (Å²) in [4.78, 5) is 31.6. The lowest BCUT2D eigenvalue weighted by atomic mass is 9.84. The lowest BCUT2D eigenvalue weighted by Crippen LogP contribution is -2.45. The number of thiazole rings is 1. The van der Waals surface area contributed by atoms with Crippen LogP contribution in [0.1, 0.15) is 54.4 Å². The molecule has 0 saturated heterocycles. The van der Waals surface area contributed by atoms with E-state index in [-0.39, 0.29) is 18.4 Å². The molecular weight excluding hydrogens is 401 g/mol. The second-order valence-corrected chi connectivity index (χ2v) is 9.08. The number of carbonyl (C=O) groups is 2. The molecule has 1 fully saturated rings. The van der Waals surface area contributed by atoms with Crippen molar-refractivity contribution in [2.45, 2.75) is 51.1 Å². The van der Waals surface area contributed by atoms with Crippen molar-refractivity contribution in [3.63, 3.8) is 0 Å². The second kappa shape index (κ2) is 8.17. The van der Waals surface area contributed by atoms with Crippen molar-refractivity contribution in [3.05, 3.63) is 45.7 Å². The molecule has 0 bridgehead atoms. The van der Waals surface area contributed by atoms with Gasteiger partial charge in [-0.1, -0.05) is 61.1 Å². The Morgan fingerprint density at radius 3 is 2.82 bits per heavy atom. The van der Waals surface area contributed by atoms with Gasteiger partial charge < -0.3 is 10.2 Å². The molecule has 1 aliphatic heterocycles. The summed E-state index contributed by atoms with van der Waals surface area (Å²) >= 11 is 7.08. The lowest BCUT2D eigenvalue weighted by molar-refractivity contribution is -0.121. The van der Waals surface area contributed by atoms with Gasteiger partial charge in [0.15, 0.2) is 5.13 Å². The van der Waals surface area contributed by atoms with E-state index >= 15 is 0 Å². The molecule has 1 atom stereocenters. The molecule has 2 aliphatic rings. The molecule has 0 radical (unpaired) electrons. The molecule has 0 spiro atoms. The van der Waals surface area contributed by atoms with Crippen molar-refractivity contribution in [2.75, 3.05) is 5.32 Å². The van der Waals surface area contributed by atoms with Crippen molar-refractivity contribution >= 4 is 39.9 Å². The van der Waals surface area contributed by atoms with Gasteiger partial charge in [-0.2, -0.15) is 0 Å². The van der Waals surface area contributed by atoms with E-state index in [1.165, 1.54) is 41.0 Å². The number of halogens is 2. The fourth-order valence-electron chi connectivity index (χ4n) is 4.18. The highest BCUT2D eigenvalue weighted by molar-refractivity contribution is 7.19. The first-order valence-electron chi connectivity index (χ1n) is 9.53. The number of nitrogens with one attached hydrogen (secondary N) is 1. The van der Waals surface area contributed by atoms with Crippen LogP contribution in [0.2, 0.25) is 4.34 Å². The number of amides is 2. The van der Waals surface area contributed by atoms with Crippen LogP contribution < -0.4 is 5.32 Å². The van der Waals surface area contributed by atoms with Crippen LogP contribution in [0.15, 0.2) is 24.4 Å². The van der Waals surface area contributed by atoms with E-state index in [0.717, 1.165) is 25.7 Å². The van der Waals surface area contributed by atoms with E-state index in [1.807, 2.05) is 0 Å². The number of carbonyl (C=O) groups excluding carboxylic acids is 2. The van der Waals surface area contributed by atoms with Gasteiger partial charge in [-0.05, 0) is 24.5 Å². The molecule has 1 aliphatic carbocycles. The topological polar surface area (TPSA) is 62.3 Å². The Hall–Kier alpha value is -1.99. The lowest BCUT2D eigenvalue weighted by Gasteiger charge is -2.31. The monoisotopic (exact) mass is 421 g/mol. The van der Waals surface area contributed by atoms with Gasteiger partial charge in [-0.3, -0.25) is 9.59 Å². The molecule has 148 valence electrons. The normalized spacial score (nSPS) is 18.2. The second-order valence-electron chi connectivity index (χ2n) is 7.41. The number of fused-ring (bicyclic) bond motifs is 1. The van der Waals surface area contributed by atoms with Crippen LogP contribution in [0.25, 0.3) is 0 Å². The van der Waals surface area contributed by atoms with Gasteiger partial charge in [0.05, 0.1) is 12.7 Å². The first-order valence-corrected chi connectivity index (χ1v) is 10.7. The van der Waals surface area contributed by atoms with Crippen LogP contribution in [0.4, 0.5) is 9.52 Å². The summed E-state index contributed by atoms with van der Waals surface area (Å²) in [7, 11) is 0. The molecule has 1 aromatic carbocycles. The summed E-state index contributed by atoms with van der Waals surface area (Å²) in [6.45, 7) is 0.115. The highest BCUT2D eigenvalue weighted by Gasteiger charge is 2.39. The zero-order chi connectivity index (χ0) is 19.7. The first kappa shape index (κ1) is 19.3. The van der Waals surface area contributed by atoms with Crippen molar-refractivity contribution < 1.29 is 14.0 Å². The minimum atomic E-state index is -0.662. The van der Waals surface area contributed by atoms with Crippen molar-refractivity contribution in [1.82, 2.24) is 9.88 Å². The Morgan fingerprint density at radius 1 is 1.36 bits per heavy atom. The Balaban J connectivity index is 1.58. The predicted octanol–water partition coefficient (Wildman–Crippen LogP) is 4.87. The van der Waals surface area contributed by atoms with E-state index in [1.54, 1.807) is 6.07 Å². The number of nitrogens with zero attached hydrogens (tertiary/aromatic N) is 2. The Kier molecular flexibility index (Phi) is 5.64. The summed E-state index contributed by atoms with van der Waals surface area (Å²) in [5.74, 6) is -0.608. The number of anilines is 1. The average Bonchev–Trinajstić information content (AvgIpc) is 3.25. The zero-order valence-corrected chi connectivity index (χ0v) is 16.9. The van der Waals surface area contributed by atoms with Crippen LogP contribution >= 0.6 is 22.9 Å². The molecular formula is C20H21ClFN3O2S. The maximum atomic E-state index is 14.2. The first-order chi connectivity index (χ1) is 13.5. The summed E-state index contributed by atoms with van der Waals surface area (Å²) in [5, 5.41) is 3.19. The van der Waals surface area contributed by atoms with Gasteiger partial charge in [0.25, 0.3) is 5.91 Å². The Labute approximate surface area is 171 Å². The molecule has 2 heterocycles. The molecule has 1 aromatic heterocycles. The molecule has 1 saturated carbocycles. The minimum Gasteiger partial charge on any atom is -0.322 e.